The van der Waals surface area contributed by atoms with Gasteiger partial charge in [-0.2, -0.15) is 5.10 Å². The average molecular weight is 234 g/mol. The van der Waals surface area contributed by atoms with Crippen molar-refractivity contribution in [2.24, 2.45) is 11.0 Å². The Hall–Kier alpha value is -1.84. The molecule has 0 fully saturated rings. The summed E-state index contributed by atoms with van der Waals surface area (Å²) in [7, 11) is 0. The highest BCUT2D eigenvalue weighted by Gasteiger charge is 2.03. The van der Waals surface area contributed by atoms with Crippen molar-refractivity contribution in [3.8, 4) is 0 Å². The molecule has 0 radical (unpaired) electrons. The van der Waals surface area contributed by atoms with Crippen LogP contribution in [-0.2, 0) is 0 Å². The number of rotatable bonds is 5. The number of hydrazone groups is 1. The lowest BCUT2D eigenvalue weighted by Gasteiger charge is -2.08. The lowest BCUT2D eigenvalue weighted by molar-refractivity contribution is 0.0697. The molecule has 0 spiro atoms. The highest BCUT2D eigenvalue weighted by atomic mass is 16.4. The minimum Gasteiger partial charge on any atom is -0.478 e. The Morgan fingerprint density at radius 2 is 1.94 bits per heavy atom. The van der Waals surface area contributed by atoms with Crippen molar-refractivity contribution in [3.05, 3.63) is 29.8 Å². The third-order valence-corrected chi connectivity index (χ3v) is 2.49. The molecule has 0 saturated heterocycles. The maximum atomic E-state index is 10.7. The van der Waals surface area contributed by atoms with Crippen molar-refractivity contribution in [3.63, 3.8) is 0 Å². The van der Waals surface area contributed by atoms with Crippen LogP contribution in [0, 0.1) is 5.92 Å². The molecule has 0 heterocycles. The largest absolute Gasteiger partial charge is 0.478 e. The second-order valence-electron chi connectivity index (χ2n) is 4.11. The first kappa shape index (κ1) is 13.2. The molecule has 0 aromatic heterocycles. The first-order chi connectivity index (χ1) is 8.04. The van der Waals surface area contributed by atoms with E-state index in [0.29, 0.717) is 5.92 Å². The number of carboxylic acid groups (broad SMARTS) is 1. The van der Waals surface area contributed by atoms with Crippen molar-refractivity contribution in [1.29, 1.82) is 0 Å². The summed E-state index contributed by atoms with van der Waals surface area (Å²) in [4.78, 5) is 10.7. The standard InChI is InChI=1S/C13H18N2O2/c1-4-12(9(2)3)15-14-11-7-5-10(6-8-11)13(16)17/h5-9,14H,4H2,1-3H3,(H,16,17)/b15-12-. The lowest BCUT2D eigenvalue weighted by atomic mass is 10.1. The van der Waals surface area contributed by atoms with Gasteiger partial charge in [-0.25, -0.2) is 4.79 Å². The summed E-state index contributed by atoms with van der Waals surface area (Å²) in [5.74, 6) is -0.512. The number of nitrogens with zero attached hydrogens (tertiary/aromatic N) is 1. The fourth-order valence-electron chi connectivity index (χ4n) is 1.44. The monoisotopic (exact) mass is 234 g/mol. The Kier molecular flexibility index (Phi) is 4.69. The molecule has 0 amide bonds. The molecule has 1 aromatic rings. The first-order valence-corrected chi connectivity index (χ1v) is 5.70. The third-order valence-electron chi connectivity index (χ3n) is 2.49. The summed E-state index contributed by atoms with van der Waals surface area (Å²) in [6.07, 6.45) is 0.901. The van der Waals surface area contributed by atoms with Gasteiger partial charge in [-0.3, -0.25) is 5.43 Å². The summed E-state index contributed by atoms with van der Waals surface area (Å²) in [5.41, 5.74) is 5.10. The van der Waals surface area contributed by atoms with Crippen LogP contribution in [0.25, 0.3) is 0 Å². The quantitative estimate of drug-likeness (QED) is 0.607. The molecule has 17 heavy (non-hydrogen) atoms. The molecule has 0 aliphatic carbocycles. The second-order valence-corrected chi connectivity index (χ2v) is 4.11. The predicted octanol–water partition coefficient (Wildman–Crippen LogP) is 3.22. The van der Waals surface area contributed by atoms with E-state index in [1.54, 1.807) is 24.3 Å². The number of carboxylic acids is 1. The normalized spacial score (nSPS) is 11.6. The van der Waals surface area contributed by atoms with Gasteiger partial charge >= 0.3 is 5.97 Å². The molecule has 2 N–H and O–H groups in total. The van der Waals surface area contributed by atoms with Gasteiger partial charge in [0.1, 0.15) is 0 Å². The van der Waals surface area contributed by atoms with Gasteiger partial charge in [-0.05, 0) is 36.6 Å². The number of benzene rings is 1. The van der Waals surface area contributed by atoms with E-state index in [2.05, 4.69) is 31.3 Å². The number of anilines is 1. The van der Waals surface area contributed by atoms with Crippen LogP contribution in [0.15, 0.2) is 29.4 Å². The van der Waals surface area contributed by atoms with Crippen LogP contribution in [0.1, 0.15) is 37.6 Å². The van der Waals surface area contributed by atoms with Gasteiger partial charge in [0, 0.05) is 5.71 Å². The molecule has 0 unspecified atom stereocenters. The predicted molar refractivity (Wildman–Crippen MR) is 69.6 cm³/mol. The van der Waals surface area contributed by atoms with Gasteiger partial charge in [0.25, 0.3) is 0 Å². The molecule has 4 nitrogen and oxygen atoms in total. The summed E-state index contributed by atoms with van der Waals surface area (Å²) in [6, 6.07) is 6.53. The Bertz CT molecular complexity index is 408. The number of carbonyl (C=O) groups is 1. The van der Waals surface area contributed by atoms with E-state index >= 15 is 0 Å². The second kappa shape index (κ2) is 6.03. The lowest BCUT2D eigenvalue weighted by Crippen LogP contribution is -2.08. The third kappa shape index (κ3) is 3.90. The zero-order chi connectivity index (χ0) is 12.8. The van der Waals surface area contributed by atoms with E-state index in [-0.39, 0.29) is 5.56 Å². The van der Waals surface area contributed by atoms with Crippen molar-refractivity contribution in [1.82, 2.24) is 0 Å². The van der Waals surface area contributed by atoms with Crippen molar-refractivity contribution in [2.75, 3.05) is 5.43 Å². The fraction of sp³-hybridized carbons (Fsp3) is 0.385. The fourth-order valence-corrected chi connectivity index (χ4v) is 1.44. The summed E-state index contributed by atoms with van der Waals surface area (Å²) in [6.45, 7) is 6.25. The van der Waals surface area contributed by atoms with Crippen molar-refractivity contribution < 1.29 is 9.90 Å². The Balaban J connectivity index is 2.72. The zero-order valence-electron chi connectivity index (χ0n) is 10.4. The minimum atomic E-state index is -0.920. The van der Waals surface area contributed by atoms with E-state index in [0.717, 1.165) is 17.8 Å². The SMILES string of the molecule is CC/C(=N/Nc1ccc(C(=O)O)cc1)C(C)C. The molecule has 0 saturated carbocycles. The maximum Gasteiger partial charge on any atom is 0.335 e. The van der Waals surface area contributed by atoms with Crippen LogP contribution in [-0.4, -0.2) is 16.8 Å². The summed E-state index contributed by atoms with van der Waals surface area (Å²) < 4.78 is 0. The molecule has 0 bridgehead atoms. The summed E-state index contributed by atoms with van der Waals surface area (Å²) >= 11 is 0. The Morgan fingerprint density at radius 1 is 1.35 bits per heavy atom. The van der Waals surface area contributed by atoms with Crippen LogP contribution < -0.4 is 5.43 Å². The van der Waals surface area contributed by atoms with Gasteiger partial charge < -0.3 is 5.11 Å². The molecular formula is C13H18N2O2. The first-order valence-electron chi connectivity index (χ1n) is 5.70. The van der Waals surface area contributed by atoms with Gasteiger partial charge in [0.2, 0.25) is 0 Å². The summed E-state index contributed by atoms with van der Waals surface area (Å²) in [5, 5.41) is 13.1. The molecule has 1 aromatic carbocycles. The molecule has 4 heteroatoms. The van der Waals surface area contributed by atoms with Gasteiger partial charge in [-0.1, -0.05) is 20.8 Å². The van der Waals surface area contributed by atoms with Crippen LogP contribution in [0.2, 0.25) is 0 Å². The van der Waals surface area contributed by atoms with Crippen LogP contribution in [0.5, 0.6) is 0 Å². The Labute approximate surface area is 101 Å². The topological polar surface area (TPSA) is 61.7 Å². The van der Waals surface area contributed by atoms with E-state index in [1.165, 1.54) is 0 Å². The van der Waals surface area contributed by atoms with E-state index in [4.69, 9.17) is 5.11 Å². The smallest absolute Gasteiger partial charge is 0.335 e. The molecule has 0 atom stereocenters. The van der Waals surface area contributed by atoms with Gasteiger partial charge in [0.15, 0.2) is 0 Å². The number of hydrogen-bond donors (Lipinski definition) is 2. The molecule has 0 aliphatic heterocycles. The van der Waals surface area contributed by atoms with Gasteiger partial charge in [-0.15, -0.1) is 0 Å². The van der Waals surface area contributed by atoms with E-state index in [1.807, 2.05) is 0 Å². The number of hydrogen-bond acceptors (Lipinski definition) is 3. The minimum absolute atomic E-state index is 0.277. The highest BCUT2D eigenvalue weighted by Crippen LogP contribution is 2.10. The van der Waals surface area contributed by atoms with Crippen molar-refractivity contribution in [2.45, 2.75) is 27.2 Å². The molecule has 0 aliphatic rings. The number of nitrogens with one attached hydrogen (secondary N) is 1. The van der Waals surface area contributed by atoms with Crippen molar-refractivity contribution >= 4 is 17.4 Å². The maximum absolute atomic E-state index is 10.7. The zero-order valence-corrected chi connectivity index (χ0v) is 10.4. The highest BCUT2D eigenvalue weighted by molar-refractivity contribution is 5.88. The Morgan fingerprint density at radius 3 is 2.35 bits per heavy atom. The van der Waals surface area contributed by atoms with Gasteiger partial charge in [0.05, 0.1) is 11.3 Å². The molecule has 1 rings (SSSR count). The van der Waals surface area contributed by atoms with Crippen LogP contribution >= 0.6 is 0 Å². The molecule has 92 valence electrons. The molecular weight excluding hydrogens is 216 g/mol. The van der Waals surface area contributed by atoms with Crippen LogP contribution in [0.3, 0.4) is 0 Å². The van der Waals surface area contributed by atoms with E-state index in [9.17, 15) is 4.79 Å². The number of aromatic carboxylic acids is 1. The van der Waals surface area contributed by atoms with Crippen LogP contribution in [0.4, 0.5) is 5.69 Å². The van der Waals surface area contributed by atoms with E-state index < -0.39 is 5.97 Å². The average Bonchev–Trinajstić information content (AvgIpc) is 2.30.